The van der Waals surface area contributed by atoms with Crippen molar-refractivity contribution in [1.29, 1.82) is 0 Å². The lowest BCUT2D eigenvalue weighted by Gasteiger charge is -2.39. The van der Waals surface area contributed by atoms with E-state index < -0.39 is 15.8 Å². The lowest BCUT2D eigenvalue weighted by Crippen LogP contribution is -2.50. The van der Waals surface area contributed by atoms with Gasteiger partial charge in [-0.1, -0.05) is 25.5 Å². The summed E-state index contributed by atoms with van der Waals surface area (Å²) in [4.78, 5) is 28.1. The van der Waals surface area contributed by atoms with Crippen molar-refractivity contribution in [3.8, 4) is 0 Å². The fourth-order valence-corrected chi connectivity index (χ4v) is 6.09. The maximum Gasteiger partial charge on any atom is 0.240 e. The summed E-state index contributed by atoms with van der Waals surface area (Å²) < 4.78 is 41.2. The number of nitrogens with one attached hydrogen (secondary N) is 1. The molecular weight excluding hydrogens is 457 g/mol. The molecule has 1 N–H and O–H groups in total. The maximum absolute atomic E-state index is 13.2. The van der Waals surface area contributed by atoms with E-state index in [0.717, 1.165) is 24.1 Å². The Balaban J connectivity index is 1.64. The number of hydrogen-bond donors (Lipinski definition) is 1. The summed E-state index contributed by atoms with van der Waals surface area (Å²) in [5.41, 5.74) is 1.11. The van der Waals surface area contributed by atoms with Crippen LogP contribution in [0.15, 0.2) is 40.8 Å². The largest absolute Gasteiger partial charge is 0.339 e. The topological polar surface area (TPSA) is 86.8 Å². The van der Waals surface area contributed by atoms with E-state index in [1.54, 1.807) is 11.8 Å². The van der Waals surface area contributed by atoms with E-state index >= 15 is 0 Å². The third kappa shape index (κ3) is 6.44. The van der Waals surface area contributed by atoms with Gasteiger partial charge in [0.25, 0.3) is 0 Å². The highest BCUT2D eigenvalue weighted by molar-refractivity contribution is 7.89. The Morgan fingerprint density at radius 3 is 2.24 bits per heavy atom. The van der Waals surface area contributed by atoms with Gasteiger partial charge in [0.15, 0.2) is 0 Å². The molecule has 1 aromatic rings. The van der Waals surface area contributed by atoms with E-state index in [4.69, 9.17) is 0 Å². The van der Waals surface area contributed by atoms with Gasteiger partial charge in [0.2, 0.25) is 21.8 Å². The molecule has 3 rings (SSSR count). The highest BCUT2D eigenvalue weighted by Crippen LogP contribution is 2.39. The van der Waals surface area contributed by atoms with Crippen LogP contribution >= 0.6 is 0 Å². The molecule has 0 radical (unpaired) electrons. The van der Waals surface area contributed by atoms with Crippen molar-refractivity contribution in [1.82, 2.24) is 14.5 Å². The molecule has 1 fully saturated rings. The fraction of sp³-hybridized carbons (Fsp3) is 0.600. The van der Waals surface area contributed by atoms with E-state index in [1.165, 1.54) is 12.1 Å². The molecule has 3 atom stereocenters. The average Bonchev–Trinajstić information content (AvgIpc) is 2.79. The van der Waals surface area contributed by atoms with Crippen LogP contribution < -0.4 is 4.72 Å². The number of sulfonamides is 1. The normalized spacial score (nSPS) is 23.7. The Morgan fingerprint density at radius 1 is 1.09 bits per heavy atom. The van der Waals surface area contributed by atoms with Crippen LogP contribution in [0, 0.1) is 29.5 Å². The summed E-state index contributed by atoms with van der Waals surface area (Å²) in [5, 5.41) is 0. The molecule has 0 spiro atoms. The third-order valence-electron chi connectivity index (χ3n) is 7.22. The van der Waals surface area contributed by atoms with Crippen LogP contribution in [-0.2, 0) is 19.6 Å². The number of piperazine rings is 1. The van der Waals surface area contributed by atoms with E-state index in [-0.39, 0.29) is 41.0 Å². The van der Waals surface area contributed by atoms with Gasteiger partial charge >= 0.3 is 0 Å². The summed E-state index contributed by atoms with van der Waals surface area (Å²) in [6.07, 6.45) is 3.37. The van der Waals surface area contributed by atoms with Crippen LogP contribution in [0.2, 0.25) is 0 Å². The Bertz CT molecular complexity index is 1020. The summed E-state index contributed by atoms with van der Waals surface area (Å²) in [6, 6.07) is 4.80. The number of allylic oxidation sites excluding steroid dienone is 1. The van der Waals surface area contributed by atoms with Gasteiger partial charge in [0, 0.05) is 46.1 Å². The molecule has 3 unspecified atom stereocenters. The number of halogens is 1. The molecule has 2 amide bonds. The van der Waals surface area contributed by atoms with Gasteiger partial charge in [-0.15, -0.1) is 0 Å². The molecule has 0 bridgehead atoms. The standard InChI is InChI=1S/C25H36FN3O4S/c1-17(2)24-14-20(15-25(31)29-11-9-28(10-12-29)19(4)30)18(3)13-21(24)16-27-34(32,33)23-7-5-22(26)6-8-23/h5-8,13,17,20-21,24,27H,9-12,14-16H2,1-4H3. The van der Waals surface area contributed by atoms with E-state index in [1.807, 2.05) is 11.8 Å². The Morgan fingerprint density at radius 2 is 1.68 bits per heavy atom. The molecule has 34 heavy (non-hydrogen) atoms. The molecule has 1 heterocycles. The smallest absolute Gasteiger partial charge is 0.240 e. The van der Waals surface area contributed by atoms with Crippen LogP contribution in [-0.4, -0.2) is 62.8 Å². The molecule has 0 saturated carbocycles. The van der Waals surface area contributed by atoms with Gasteiger partial charge in [-0.05, 0) is 61.3 Å². The van der Waals surface area contributed by atoms with Crippen molar-refractivity contribution >= 4 is 21.8 Å². The molecule has 1 aliphatic heterocycles. The lowest BCUT2D eigenvalue weighted by atomic mass is 9.70. The van der Waals surface area contributed by atoms with Crippen molar-refractivity contribution in [3.63, 3.8) is 0 Å². The molecule has 1 aliphatic carbocycles. The zero-order chi connectivity index (χ0) is 25.0. The number of nitrogens with zero attached hydrogens (tertiary/aromatic N) is 2. The van der Waals surface area contributed by atoms with Crippen LogP contribution in [0.25, 0.3) is 0 Å². The van der Waals surface area contributed by atoms with Crippen LogP contribution in [0.5, 0.6) is 0 Å². The maximum atomic E-state index is 13.2. The second-order valence-corrected chi connectivity index (χ2v) is 11.6. The monoisotopic (exact) mass is 493 g/mol. The predicted octanol–water partition coefficient (Wildman–Crippen LogP) is 3.04. The summed E-state index contributed by atoms with van der Waals surface area (Å²) in [5.74, 6) is 0.355. The minimum Gasteiger partial charge on any atom is -0.339 e. The summed E-state index contributed by atoms with van der Waals surface area (Å²) in [7, 11) is -3.74. The molecular formula is C25H36FN3O4S. The minimum absolute atomic E-state index is 0.0145. The molecule has 1 saturated heterocycles. The van der Waals surface area contributed by atoms with Crippen LogP contribution in [0.3, 0.4) is 0 Å². The quantitative estimate of drug-likeness (QED) is 0.592. The first-order valence-corrected chi connectivity index (χ1v) is 13.4. The van der Waals surface area contributed by atoms with E-state index in [2.05, 4.69) is 24.6 Å². The number of amides is 2. The van der Waals surface area contributed by atoms with E-state index in [0.29, 0.717) is 38.5 Å². The van der Waals surface area contributed by atoms with Gasteiger partial charge in [0.05, 0.1) is 4.90 Å². The van der Waals surface area contributed by atoms with Gasteiger partial charge in [-0.3, -0.25) is 9.59 Å². The molecule has 2 aliphatic rings. The van der Waals surface area contributed by atoms with Crippen molar-refractivity contribution in [2.75, 3.05) is 32.7 Å². The molecule has 1 aromatic carbocycles. The Kier molecular flexibility index (Phi) is 8.52. The van der Waals surface area contributed by atoms with Crippen LogP contribution in [0.1, 0.15) is 40.5 Å². The second kappa shape index (κ2) is 11.0. The number of benzene rings is 1. The number of carbonyl (C=O) groups is 2. The van der Waals surface area contributed by atoms with Crippen molar-refractivity contribution in [3.05, 3.63) is 41.7 Å². The van der Waals surface area contributed by atoms with Crippen molar-refractivity contribution in [2.24, 2.45) is 23.7 Å². The number of rotatable bonds is 7. The molecule has 7 nitrogen and oxygen atoms in total. The van der Waals surface area contributed by atoms with Gasteiger partial charge in [-0.2, -0.15) is 0 Å². The van der Waals surface area contributed by atoms with Crippen molar-refractivity contribution in [2.45, 2.75) is 45.4 Å². The zero-order valence-electron chi connectivity index (χ0n) is 20.5. The SMILES string of the molecule is CC(=O)N1CCN(C(=O)CC2CC(C(C)C)C(CNS(=O)(=O)c3ccc(F)cc3)C=C2C)CC1. The Labute approximate surface area is 202 Å². The molecule has 188 valence electrons. The summed E-state index contributed by atoms with van der Waals surface area (Å²) in [6.45, 7) is 10.4. The lowest BCUT2D eigenvalue weighted by molar-refractivity contribution is -0.139. The van der Waals surface area contributed by atoms with Crippen LogP contribution in [0.4, 0.5) is 4.39 Å². The highest BCUT2D eigenvalue weighted by atomic mass is 32.2. The first-order chi connectivity index (χ1) is 16.0. The van der Waals surface area contributed by atoms with Gasteiger partial charge < -0.3 is 9.80 Å². The number of hydrogen-bond acceptors (Lipinski definition) is 4. The van der Waals surface area contributed by atoms with Crippen molar-refractivity contribution < 1.29 is 22.4 Å². The second-order valence-electron chi connectivity index (χ2n) is 9.81. The number of carbonyl (C=O) groups excluding carboxylic acids is 2. The minimum atomic E-state index is -3.74. The fourth-order valence-electron chi connectivity index (χ4n) is 5.02. The van der Waals surface area contributed by atoms with Gasteiger partial charge in [0.1, 0.15) is 5.82 Å². The molecule has 9 heteroatoms. The highest BCUT2D eigenvalue weighted by Gasteiger charge is 2.34. The first kappa shape index (κ1) is 26.3. The first-order valence-electron chi connectivity index (χ1n) is 11.9. The van der Waals surface area contributed by atoms with E-state index in [9.17, 15) is 22.4 Å². The third-order valence-corrected chi connectivity index (χ3v) is 8.66. The zero-order valence-corrected chi connectivity index (χ0v) is 21.3. The molecule has 0 aromatic heterocycles. The predicted molar refractivity (Wildman–Crippen MR) is 129 cm³/mol. The summed E-state index contributed by atoms with van der Waals surface area (Å²) >= 11 is 0. The Hall–Kier alpha value is -2.26. The van der Waals surface area contributed by atoms with Gasteiger partial charge in [-0.25, -0.2) is 17.5 Å². The average molecular weight is 494 g/mol.